The van der Waals surface area contributed by atoms with Crippen LogP contribution >= 0.6 is 11.8 Å². The zero-order chi connectivity index (χ0) is 16.6. The lowest BCUT2D eigenvalue weighted by Crippen LogP contribution is -2.46. The van der Waals surface area contributed by atoms with E-state index in [1.165, 1.54) is 4.90 Å². The van der Waals surface area contributed by atoms with E-state index in [1.807, 2.05) is 30.3 Å². The molecule has 1 N–H and O–H groups in total. The summed E-state index contributed by atoms with van der Waals surface area (Å²) in [6.45, 7) is 0. The summed E-state index contributed by atoms with van der Waals surface area (Å²) >= 11 is 1.72. The molecule has 24 heavy (non-hydrogen) atoms. The lowest BCUT2D eigenvalue weighted by atomic mass is 9.82. The molecule has 2 nitrogen and oxygen atoms in total. The van der Waals surface area contributed by atoms with E-state index in [1.54, 1.807) is 11.8 Å². The van der Waals surface area contributed by atoms with Crippen molar-refractivity contribution >= 4 is 11.8 Å². The van der Waals surface area contributed by atoms with Gasteiger partial charge in [-0.25, -0.2) is 0 Å². The highest BCUT2D eigenvalue weighted by atomic mass is 32.2. The van der Waals surface area contributed by atoms with Gasteiger partial charge in [0.25, 0.3) is 0 Å². The molecular weight excluding hydrogens is 314 g/mol. The van der Waals surface area contributed by atoms with Gasteiger partial charge < -0.3 is 5.11 Å². The summed E-state index contributed by atoms with van der Waals surface area (Å²) in [7, 11) is 0. The van der Waals surface area contributed by atoms with E-state index < -0.39 is 5.60 Å². The Kier molecular flexibility index (Phi) is 3.91. The predicted molar refractivity (Wildman–Crippen MR) is 97.0 cm³/mol. The Labute approximate surface area is 146 Å². The summed E-state index contributed by atoms with van der Waals surface area (Å²) in [4.78, 5) is 1.21. The van der Waals surface area contributed by atoms with Crippen LogP contribution < -0.4 is 4.57 Å². The molecule has 1 aliphatic heterocycles. The van der Waals surface area contributed by atoms with Crippen LogP contribution in [0.25, 0.3) is 0 Å². The van der Waals surface area contributed by atoms with E-state index in [9.17, 15) is 5.11 Å². The van der Waals surface area contributed by atoms with Gasteiger partial charge in [-0.05, 0) is 24.0 Å². The van der Waals surface area contributed by atoms with Crippen LogP contribution in [0.4, 0.5) is 0 Å². The summed E-state index contributed by atoms with van der Waals surface area (Å²) in [5.41, 5.74) is 2.32. The number of pyridine rings is 1. The van der Waals surface area contributed by atoms with Gasteiger partial charge in [0, 0.05) is 22.6 Å². The highest BCUT2D eigenvalue weighted by Crippen LogP contribution is 2.42. The number of hydrogen-bond donors (Lipinski definition) is 1. The Morgan fingerprint density at radius 2 is 1.67 bits per heavy atom. The number of aliphatic hydroxyl groups is 1. The third-order valence-electron chi connectivity index (χ3n) is 4.86. The van der Waals surface area contributed by atoms with Crippen molar-refractivity contribution in [2.24, 2.45) is 0 Å². The van der Waals surface area contributed by atoms with Crippen molar-refractivity contribution in [1.29, 1.82) is 0 Å². The molecule has 0 saturated heterocycles. The molecule has 2 aromatic carbocycles. The first-order chi connectivity index (χ1) is 11.7. The molecule has 1 aromatic heterocycles. The second-order valence-electron chi connectivity index (χ2n) is 6.24. The average Bonchev–Trinajstić information content (AvgIpc) is 2.95. The summed E-state index contributed by atoms with van der Waals surface area (Å²) < 4.78 is 2.21. The minimum atomic E-state index is -0.938. The molecule has 3 heteroatoms. The number of rotatable bonds is 3. The Morgan fingerprint density at radius 1 is 0.958 bits per heavy atom. The maximum absolute atomic E-state index is 11.7. The highest BCUT2D eigenvalue weighted by molar-refractivity contribution is 7.98. The van der Waals surface area contributed by atoms with Gasteiger partial charge in [-0.3, -0.25) is 0 Å². The van der Waals surface area contributed by atoms with E-state index in [-0.39, 0.29) is 6.04 Å². The molecule has 2 heterocycles. The van der Waals surface area contributed by atoms with E-state index in [0.717, 1.165) is 16.8 Å². The number of benzene rings is 2. The van der Waals surface area contributed by atoms with E-state index in [0.29, 0.717) is 6.42 Å². The van der Waals surface area contributed by atoms with Crippen LogP contribution in [0.15, 0.2) is 83.9 Å². The van der Waals surface area contributed by atoms with Crippen LogP contribution in [0.5, 0.6) is 0 Å². The van der Waals surface area contributed by atoms with Crippen molar-refractivity contribution in [3.05, 3.63) is 95.8 Å². The fourth-order valence-electron chi connectivity index (χ4n) is 3.71. The zero-order valence-electron chi connectivity index (χ0n) is 13.6. The van der Waals surface area contributed by atoms with Crippen LogP contribution in [0.1, 0.15) is 22.9 Å². The fourth-order valence-corrected chi connectivity index (χ4v) is 4.12. The normalized spacial score (nSPS) is 22.3. The first kappa shape index (κ1) is 15.4. The zero-order valence-corrected chi connectivity index (χ0v) is 14.4. The minimum absolute atomic E-state index is 0.116. The molecule has 0 unspecified atom stereocenters. The first-order valence-corrected chi connectivity index (χ1v) is 9.36. The van der Waals surface area contributed by atoms with Gasteiger partial charge in [0.1, 0.15) is 0 Å². The number of hydrogen-bond acceptors (Lipinski definition) is 2. The lowest BCUT2D eigenvalue weighted by molar-refractivity contribution is -0.717. The number of fused-ring (bicyclic) bond motifs is 1. The SMILES string of the molecule is CSc1ccc([C@]2(O)Cc3cccc[n+]3[C@@H]2c2ccccc2)cc1. The molecule has 1 aliphatic rings. The van der Waals surface area contributed by atoms with Crippen LogP contribution in [0.2, 0.25) is 0 Å². The number of thioether (sulfide) groups is 1. The van der Waals surface area contributed by atoms with Gasteiger partial charge in [-0.15, -0.1) is 11.8 Å². The molecule has 0 bridgehead atoms. The summed E-state index contributed by atoms with van der Waals surface area (Å²) in [6, 6.07) is 24.6. The maximum Gasteiger partial charge on any atom is 0.216 e. The smallest absolute Gasteiger partial charge is 0.216 e. The summed E-state index contributed by atoms with van der Waals surface area (Å²) in [6.07, 6.45) is 4.75. The molecule has 3 aromatic rings. The molecule has 0 fully saturated rings. The number of aromatic nitrogens is 1. The predicted octanol–water partition coefficient (Wildman–Crippen LogP) is 3.73. The maximum atomic E-state index is 11.7. The van der Waals surface area contributed by atoms with Crippen molar-refractivity contribution in [3.63, 3.8) is 0 Å². The largest absolute Gasteiger partial charge is 0.377 e. The second kappa shape index (κ2) is 6.08. The van der Waals surface area contributed by atoms with Gasteiger partial charge in [-0.2, -0.15) is 4.57 Å². The van der Waals surface area contributed by atoms with Crippen molar-refractivity contribution < 1.29 is 9.67 Å². The topological polar surface area (TPSA) is 24.1 Å². The third-order valence-corrected chi connectivity index (χ3v) is 5.61. The Bertz CT molecular complexity index is 847. The van der Waals surface area contributed by atoms with Gasteiger partial charge in [0.2, 0.25) is 6.04 Å². The van der Waals surface area contributed by atoms with Crippen molar-refractivity contribution in [1.82, 2.24) is 0 Å². The molecule has 0 saturated carbocycles. The Hall–Kier alpha value is -2.10. The van der Waals surface area contributed by atoms with Crippen molar-refractivity contribution in [2.75, 3.05) is 6.26 Å². The van der Waals surface area contributed by atoms with Gasteiger partial charge in [0.15, 0.2) is 17.5 Å². The number of nitrogens with zero attached hydrogens (tertiary/aromatic N) is 1. The first-order valence-electron chi connectivity index (χ1n) is 8.13. The minimum Gasteiger partial charge on any atom is -0.377 e. The standard InChI is InChI=1S/C21H20NOS/c1-24-19-12-10-17(11-13-19)21(23)15-18-9-5-6-14-22(18)20(21)16-7-3-2-4-8-16/h2-14,20,23H,15H2,1H3/q+1/t20-,21-/m1/s1. The van der Waals surface area contributed by atoms with Crippen molar-refractivity contribution in [2.45, 2.75) is 23.0 Å². The van der Waals surface area contributed by atoms with Crippen molar-refractivity contribution in [3.8, 4) is 0 Å². The molecule has 0 aliphatic carbocycles. The monoisotopic (exact) mass is 334 g/mol. The molecule has 0 radical (unpaired) electrons. The molecule has 2 atom stereocenters. The van der Waals surface area contributed by atoms with Gasteiger partial charge in [-0.1, -0.05) is 48.5 Å². The van der Waals surface area contributed by atoms with Crippen LogP contribution in [-0.2, 0) is 12.0 Å². The molecule has 120 valence electrons. The molecule has 0 amide bonds. The average molecular weight is 334 g/mol. The quantitative estimate of drug-likeness (QED) is 0.583. The summed E-state index contributed by atoms with van der Waals surface area (Å²) in [5.74, 6) is 0. The molecular formula is C21H20NOS+. The van der Waals surface area contributed by atoms with Gasteiger partial charge in [0.05, 0.1) is 6.42 Å². The van der Waals surface area contributed by atoms with Crippen LogP contribution in [-0.4, -0.2) is 11.4 Å². The molecule has 4 rings (SSSR count). The second-order valence-corrected chi connectivity index (χ2v) is 7.12. The van der Waals surface area contributed by atoms with Gasteiger partial charge >= 0.3 is 0 Å². The molecule has 0 spiro atoms. The summed E-state index contributed by atoms with van der Waals surface area (Å²) in [5, 5.41) is 11.7. The van der Waals surface area contributed by atoms with E-state index >= 15 is 0 Å². The Balaban J connectivity index is 1.87. The van der Waals surface area contributed by atoms with Crippen LogP contribution in [0.3, 0.4) is 0 Å². The highest BCUT2D eigenvalue weighted by Gasteiger charge is 2.53. The van der Waals surface area contributed by atoms with E-state index in [2.05, 4.69) is 59.5 Å². The lowest BCUT2D eigenvalue weighted by Gasteiger charge is -2.26. The van der Waals surface area contributed by atoms with E-state index in [4.69, 9.17) is 0 Å². The Morgan fingerprint density at radius 3 is 2.38 bits per heavy atom. The van der Waals surface area contributed by atoms with Crippen LogP contribution in [0, 0.1) is 0 Å². The third kappa shape index (κ3) is 2.45. The fraction of sp³-hybridized carbons (Fsp3) is 0.190.